The molecule has 1 aliphatic heterocycles. The molecule has 1 amide bonds. The molecule has 4 nitrogen and oxygen atoms in total. The van der Waals surface area contributed by atoms with Gasteiger partial charge in [0.15, 0.2) is 0 Å². The van der Waals surface area contributed by atoms with E-state index >= 15 is 0 Å². The first-order valence-corrected chi connectivity index (χ1v) is 7.02. The quantitative estimate of drug-likeness (QED) is 0.948. The first-order chi connectivity index (χ1) is 10.7. The predicted octanol–water partition coefficient (Wildman–Crippen LogP) is 3.02. The Balaban J connectivity index is 1.73. The number of amides is 1. The minimum absolute atomic E-state index is 0.184. The van der Waals surface area contributed by atoms with E-state index in [0.29, 0.717) is 6.42 Å². The zero-order chi connectivity index (χ0) is 15.5. The van der Waals surface area contributed by atoms with Crippen molar-refractivity contribution in [1.29, 1.82) is 0 Å². The number of rotatable bonds is 3. The van der Waals surface area contributed by atoms with Crippen LogP contribution in [-0.4, -0.2) is 19.6 Å². The molecule has 22 heavy (non-hydrogen) atoms. The lowest BCUT2D eigenvalue weighted by molar-refractivity contribution is -0.121. The molecule has 1 atom stereocenters. The normalized spacial score (nSPS) is 16.4. The van der Waals surface area contributed by atoms with Crippen molar-refractivity contribution in [3.63, 3.8) is 0 Å². The number of methoxy groups -OCH3 is 1. The summed E-state index contributed by atoms with van der Waals surface area (Å²) in [6.07, 6.45) is 0.535. The van der Waals surface area contributed by atoms with Crippen LogP contribution in [0.4, 0.5) is 10.1 Å². The van der Waals surface area contributed by atoms with Gasteiger partial charge in [-0.05, 0) is 42.3 Å². The molecule has 0 aromatic heterocycles. The third-order valence-corrected chi connectivity index (χ3v) is 3.68. The second-order valence-corrected chi connectivity index (χ2v) is 5.15. The summed E-state index contributed by atoms with van der Waals surface area (Å²) in [5.41, 5.74) is 1.10. The van der Waals surface area contributed by atoms with Crippen LogP contribution in [0.2, 0.25) is 0 Å². The van der Waals surface area contributed by atoms with Crippen molar-refractivity contribution < 1.29 is 18.7 Å². The second kappa shape index (κ2) is 6.05. The molecule has 0 unspecified atom stereocenters. The molecule has 0 bridgehead atoms. The molecule has 1 aliphatic rings. The van der Waals surface area contributed by atoms with Gasteiger partial charge in [0, 0.05) is 0 Å². The molecule has 0 radical (unpaired) electrons. The highest BCUT2D eigenvalue weighted by Gasteiger charge is 2.26. The summed E-state index contributed by atoms with van der Waals surface area (Å²) >= 11 is 0. The number of halogens is 1. The summed E-state index contributed by atoms with van der Waals surface area (Å²) < 4.78 is 24.4. The Morgan fingerprint density at radius 2 is 2.14 bits per heavy atom. The van der Waals surface area contributed by atoms with Gasteiger partial charge in [0.1, 0.15) is 23.9 Å². The molecule has 5 heteroatoms. The lowest BCUT2D eigenvalue weighted by Gasteiger charge is -2.25. The number of hydrogen-bond donors (Lipinski definition) is 1. The van der Waals surface area contributed by atoms with Crippen LogP contribution in [0.5, 0.6) is 11.5 Å². The second-order valence-electron chi connectivity index (χ2n) is 5.15. The Morgan fingerprint density at radius 1 is 1.32 bits per heavy atom. The molecule has 3 rings (SSSR count). The maximum absolute atomic E-state index is 13.6. The zero-order valence-corrected chi connectivity index (χ0v) is 12.1. The average molecular weight is 301 g/mol. The van der Waals surface area contributed by atoms with E-state index in [1.54, 1.807) is 19.2 Å². The molecular weight excluding hydrogens is 285 g/mol. The smallest absolute Gasteiger partial charge is 0.231 e. The highest BCUT2D eigenvalue weighted by Crippen LogP contribution is 2.31. The van der Waals surface area contributed by atoms with Gasteiger partial charge in [0.05, 0.1) is 18.7 Å². The van der Waals surface area contributed by atoms with Crippen LogP contribution < -0.4 is 14.8 Å². The van der Waals surface area contributed by atoms with E-state index in [0.717, 1.165) is 17.1 Å². The number of benzene rings is 2. The highest BCUT2D eigenvalue weighted by atomic mass is 19.1. The molecule has 114 valence electrons. The fourth-order valence-corrected chi connectivity index (χ4v) is 2.46. The lowest BCUT2D eigenvalue weighted by atomic mass is 9.95. The Morgan fingerprint density at radius 3 is 2.91 bits per heavy atom. The van der Waals surface area contributed by atoms with Crippen LogP contribution in [0.15, 0.2) is 42.5 Å². The van der Waals surface area contributed by atoms with Crippen LogP contribution in [0.3, 0.4) is 0 Å². The van der Waals surface area contributed by atoms with Gasteiger partial charge in [-0.1, -0.05) is 12.1 Å². The average Bonchev–Trinajstić information content (AvgIpc) is 2.55. The van der Waals surface area contributed by atoms with Crippen LogP contribution in [0.1, 0.15) is 5.56 Å². The van der Waals surface area contributed by atoms with Gasteiger partial charge < -0.3 is 14.8 Å². The number of fused-ring (bicyclic) bond motifs is 1. The van der Waals surface area contributed by atoms with Crippen LogP contribution >= 0.6 is 0 Å². The first-order valence-electron chi connectivity index (χ1n) is 7.02. The molecule has 0 saturated carbocycles. The molecule has 1 N–H and O–H groups in total. The minimum atomic E-state index is -0.449. The van der Waals surface area contributed by atoms with Crippen molar-refractivity contribution in [3.8, 4) is 11.5 Å². The monoisotopic (exact) mass is 301 g/mol. The van der Waals surface area contributed by atoms with E-state index in [1.807, 2.05) is 18.2 Å². The minimum Gasteiger partial charge on any atom is -0.497 e. The molecule has 0 spiro atoms. The summed E-state index contributed by atoms with van der Waals surface area (Å²) in [6, 6.07) is 11.6. The predicted molar refractivity (Wildman–Crippen MR) is 80.7 cm³/mol. The van der Waals surface area contributed by atoms with E-state index in [9.17, 15) is 9.18 Å². The first kappa shape index (κ1) is 14.4. The van der Waals surface area contributed by atoms with Crippen LogP contribution in [0.25, 0.3) is 0 Å². The lowest BCUT2D eigenvalue weighted by Crippen LogP contribution is -2.32. The van der Waals surface area contributed by atoms with Gasteiger partial charge in [0.2, 0.25) is 5.91 Å². The Labute approximate surface area is 127 Å². The molecule has 0 saturated heterocycles. The maximum atomic E-state index is 13.6. The Hall–Kier alpha value is -2.56. The topological polar surface area (TPSA) is 47.6 Å². The number of nitrogens with one attached hydrogen (secondary N) is 1. The van der Waals surface area contributed by atoms with E-state index in [1.165, 1.54) is 12.1 Å². The van der Waals surface area contributed by atoms with E-state index in [-0.39, 0.29) is 24.1 Å². The van der Waals surface area contributed by atoms with Crippen molar-refractivity contribution >= 4 is 11.6 Å². The Kier molecular flexibility index (Phi) is 3.96. The largest absolute Gasteiger partial charge is 0.497 e. The third-order valence-electron chi connectivity index (χ3n) is 3.68. The summed E-state index contributed by atoms with van der Waals surface area (Å²) in [4.78, 5) is 12.3. The number of para-hydroxylation sites is 1. The van der Waals surface area contributed by atoms with Crippen molar-refractivity contribution in [2.24, 2.45) is 5.92 Å². The van der Waals surface area contributed by atoms with Crippen LogP contribution in [-0.2, 0) is 11.2 Å². The van der Waals surface area contributed by atoms with Gasteiger partial charge in [-0.2, -0.15) is 0 Å². The van der Waals surface area contributed by atoms with Crippen molar-refractivity contribution in [2.45, 2.75) is 6.42 Å². The molecule has 0 aliphatic carbocycles. The third kappa shape index (κ3) is 2.88. The maximum Gasteiger partial charge on any atom is 0.231 e. The van der Waals surface area contributed by atoms with Crippen LogP contribution in [0, 0.1) is 11.7 Å². The van der Waals surface area contributed by atoms with E-state index in [4.69, 9.17) is 9.47 Å². The number of carbonyl (C=O) groups is 1. The van der Waals surface area contributed by atoms with Crippen molar-refractivity contribution in [2.75, 3.05) is 19.0 Å². The molecule has 0 fully saturated rings. The molecule has 2 aromatic rings. The molecular formula is C17H16FNO3. The molecule has 2 aromatic carbocycles. The fourth-order valence-electron chi connectivity index (χ4n) is 2.46. The number of carbonyl (C=O) groups excluding carboxylic acids is 1. The highest BCUT2D eigenvalue weighted by molar-refractivity contribution is 5.93. The van der Waals surface area contributed by atoms with E-state index < -0.39 is 5.82 Å². The fraction of sp³-hybridized carbons (Fsp3) is 0.235. The van der Waals surface area contributed by atoms with E-state index in [2.05, 4.69) is 5.32 Å². The Bertz CT molecular complexity index is 702. The molecule has 1 heterocycles. The SMILES string of the molecule is COc1ccc2c(c1)C[C@@H](C(=O)Nc1ccccc1F)CO2. The number of hydrogen-bond acceptors (Lipinski definition) is 3. The van der Waals surface area contributed by atoms with Crippen molar-refractivity contribution in [1.82, 2.24) is 0 Å². The summed E-state index contributed by atoms with van der Waals surface area (Å²) in [5.74, 6) is 0.417. The summed E-state index contributed by atoms with van der Waals surface area (Å²) in [7, 11) is 1.59. The van der Waals surface area contributed by atoms with Gasteiger partial charge in [-0.15, -0.1) is 0 Å². The van der Waals surface area contributed by atoms with Gasteiger partial charge in [0.25, 0.3) is 0 Å². The van der Waals surface area contributed by atoms with Crippen molar-refractivity contribution in [3.05, 3.63) is 53.8 Å². The number of anilines is 1. The zero-order valence-electron chi connectivity index (χ0n) is 12.1. The standard InChI is InChI=1S/C17H16FNO3/c1-21-13-6-7-16-11(9-13)8-12(10-22-16)17(20)19-15-5-3-2-4-14(15)18/h2-7,9,12H,8,10H2,1H3,(H,19,20)/t12-/m1/s1. The van der Waals surface area contributed by atoms with Gasteiger partial charge in [-0.3, -0.25) is 4.79 Å². The van der Waals surface area contributed by atoms with Gasteiger partial charge >= 0.3 is 0 Å². The number of ether oxygens (including phenoxy) is 2. The van der Waals surface area contributed by atoms with Gasteiger partial charge in [-0.25, -0.2) is 4.39 Å². The summed E-state index contributed by atoms with van der Waals surface area (Å²) in [6.45, 7) is 0.277. The summed E-state index contributed by atoms with van der Waals surface area (Å²) in [5, 5.41) is 2.61.